The number of para-hydroxylation sites is 1. The number of aldehydes is 1. The third-order valence-corrected chi connectivity index (χ3v) is 3.65. The summed E-state index contributed by atoms with van der Waals surface area (Å²) in [4.78, 5) is 52.1. The third kappa shape index (κ3) is 3.55. The molecule has 0 amide bonds. The van der Waals surface area contributed by atoms with Crippen LogP contribution in [-0.2, 0) is 4.79 Å². The molecule has 2 rings (SSSR count). The quantitative estimate of drug-likeness (QED) is 0.397. The number of hydrogen-bond acceptors (Lipinski definition) is 9. The number of hydrogen-bond donors (Lipinski definition) is 0. The smallest absolute Gasteiger partial charge is 0.302 e. The molecule has 138 valence electrons. The van der Waals surface area contributed by atoms with Crippen molar-refractivity contribution in [1.29, 1.82) is 0 Å². The molecular formula is C14H8N4O9. The van der Waals surface area contributed by atoms with E-state index in [1.807, 2.05) is 0 Å². The highest BCUT2D eigenvalue weighted by molar-refractivity contribution is 5.76. The molecule has 1 unspecified atom stereocenters. The van der Waals surface area contributed by atoms with Crippen LogP contribution in [0.5, 0.6) is 0 Å². The number of nitro benzene ring substituents is 4. The van der Waals surface area contributed by atoms with Crippen LogP contribution < -0.4 is 0 Å². The van der Waals surface area contributed by atoms with E-state index >= 15 is 0 Å². The summed E-state index contributed by atoms with van der Waals surface area (Å²) in [6.45, 7) is 0. The Hall–Kier alpha value is -4.29. The van der Waals surface area contributed by atoms with E-state index in [2.05, 4.69) is 0 Å². The van der Waals surface area contributed by atoms with Crippen LogP contribution in [0.2, 0.25) is 0 Å². The average Bonchev–Trinajstić information content (AvgIpc) is 2.61. The van der Waals surface area contributed by atoms with Crippen LogP contribution >= 0.6 is 0 Å². The molecule has 0 fully saturated rings. The first-order valence-corrected chi connectivity index (χ1v) is 6.98. The van der Waals surface area contributed by atoms with Crippen LogP contribution in [0, 0.1) is 40.5 Å². The molecular weight excluding hydrogens is 368 g/mol. The minimum Gasteiger partial charge on any atom is -0.302 e. The monoisotopic (exact) mass is 376 g/mol. The zero-order valence-corrected chi connectivity index (χ0v) is 13.1. The van der Waals surface area contributed by atoms with Gasteiger partial charge in [-0.2, -0.15) is 0 Å². The summed E-state index contributed by atoms with van der Waals surface area (Å²) in [6.07, 6.45) is 0.139. The van der Waals surface area contributed by atoms with Crippen LogP contribution in [0.15, 0.2) is 36.4 Å². The number of non-ortho nitro benzene ring substituents is 1. The minimum atomic E-state index is -1.62. The molecule has 0 aromatic heterocycles. The Kier molecular flexibility index (Phi) is 5.15. The molecule has 0 saturated carbocycles. The Morgan fingerprint density at radius 2 is 1.37 bits per heavy atom. The van der Waals surface area contributed by atoms with Crippen molar-refractivity contribution >= 4 is 29.0 Å². The molecule has 0 N–H and O–H groups in total. The molecule has 0 heterocycles. The van der Waals surface area contributed by atoms with Gasteiger partial charge in [-0.15, -0.1) is 0 Å². The first-order chi connectivity index (χ1) is 12.7. The highest BCUT2D eigenvalue weighted by Gasteiger charge is 2.35. The van der Waals surface area contributed by atoms with Crippen LogP contribution in [-0.4, -0.2) is 26.0 Å². The van der Waals surface area contributed by atoms with Gasteiger partial charge >= 0.3 is 11.4 Å². The highest BCUT2D eigenvalue weighted by atomic mass is 16.6. The Balaban J connectivity index is 2.79. The van der Waals surface area contributed by atoms with Crippen LogP contribution in [0.3, 0.4) is 0 Å². The van der Waals surface area contributed by atoms with E-state index in [-0.39, 0.29) is 11.8 Å². The van der Waals surface area contributed by atoms with Crippen LogP contribution in [0.1, 0.15) is 17.0 Å². The van der Waals surface area contributed by atoms with Gasteiger partial charge in [-0.3, -0.25) is 40.5 Å². The maximum atomic E-state index is 11.6. The van der Waals surface area contributed by atoms with Crippen molar-refractivity contribution in [2.75, 3.05) is 0 Å². The van der Waals surface area contributed by atoms with Crippen molar-refractivity contribution in [3.8, 4) is 0 Å². The Labute approximate surface area is 148 Å². The number of nitrogens with zero attached hydrogens (tertiary/aromatic N) is 4. The summed E-state index contributed by atoms with van der Waals surface area (Å²) in [5.74, 6) is -1.62. The van der Waals surface area contributed by atoms with Crippen molar-refractivity contribution in [3.05, 3.63) is 88.0 Å². The van der Waals surface area contributed by atoms with Crippen molar-refractivity contribution in [3.63, 3.8) is 0 Å². The van der Waals surface area contributed by atoms with E-state index in [0.717, 1.165) is 30.3 Å². The number of rotatable bonds is 7. The fraction of sp³-hybridized carbons (Fsp3) is 0.0714. The normalized spacial score (nSPS) is 11.4. The third-order valence-electron chi connectivity index (χ3n) is 3.65. The first-order valence-electron chi connectivity index (χ1n) is 6.98. The van der Waals surface area contributed by atoms with Crippen molar-refractivity contribution in [2.45, 2.75) is 5.92 Å². The van der Waals surface area contributed by atoms with E-state index in [4.69, 9.17) is 0 Å². The fourth-order valence-corrected chi connectivity index (χ4v) is 2.53. The molecule has 2 aromatic rings. The van der Waals surface area contributed by atoms with Crippen molar-refractivity contribution in [2.24, 2.45) is 0 Å². The van der Waals surface area contributed by atoms with Gasteiger partial charge < -0.3 is 4.79 Å². The van der Waals surface area contributed by atoms with Gasteiger partial charge in [0.15, 0.2) is 0 Å². The minimum absolute atomic E-state index is 0.139. The van der Waals surface area contributed by atoms with Gasteiger partial charge in [-0.25, -0.2) is 0 Å². The van der Waals surface area contributed by atoms with Crippen LogP contribution in [0.25, 0.3) is 0 Å². The van der Waals surface area contributed by atoms with E-state index < -0.39 is 53.9 Å². The highest BCUT2D eigenvalue weighted by Crippen LogP contribution is 2.40. The number of carbonyl (C=O) groups is 1. The lowest BCUT2D eigenvalue weighted by Crippen LogP contribution is -2.10. The van der Waals surface area contributed by atoms with E-state index in [1.54, 1.807) is 0 Å². The lowest BCUT2D eigenvalue weighted by molar-refractivity contribution is -0.423. The van der Waals surface area contributed by atoms with E-state index in [1.165, 1.54) is 0 Å². The lowest BCUT2D eigenvalue weighted by Gasteiger charge is -2.12. The van der Waals surface area contributed by atoms with Gasteiger partial charge in [-0.05, 0) is 6.07 Å². The molecule has 0 aliphatic rings. The molecule has 27 heavy (non-hydrogen) atoms. The van der Waals surface area contributed by atoms with Gasteiger partial charge in [-0.1, -0.05) is 12.1 Å². The number of benzene rings is 2. The van der Waals surface area contributed by atoms with Gasteiger partial charge in [0.05, 0.1) is 37.2 Å². The summed E-state index contributed by atoms with van der Waals surface area (Å²) in [7, 11) is 0. The number of carbonyl (C=O) groups excluding carboxylic acids is 1. The summed E-state index contributed by atoms with van der Waals surface area (Å²) in [6, 6.07) is 5.41. The lowest BCUT2D eigenvalue weighted by atomic mass is 9.89. The van der Waals surface area contributed by atoms with Gasteiger partial charge in [0.2, 0.25) is 0 Å². The standard InChI is InChI=1S/C14H8N4O9/c19-7-11(9-5-4-8(15(20)21)6-13(9)17(24)25)10-2-1-3-12(16(22)23)14(10)18(26)27/h1-7,11H. The topological polar surface area (TPSA) is 190 Å². The zero-order valence-electron chi connectivity index (χ0n) is 13.1. The average molecular weight is 376 g/mol. The molecule has 0 aliphatic heterocycles. The Morgan fingerprint density at radius 1 is 0.741 bits per heavy atom. The predicted octanol–water partition coefficient (Wildman–Crippen LogP) is 2.65. The maximum Gasteiger partial charge on any atom is 0.350 e. The molecule has 13 nitrogen and oxygen atoms in total. The summed E-state index contributed by atoms with van der Waals surface area (Å²) in [5.41, 5.74) is -4.14. The molecule has 0 bridgehead atoms. The maximum absolute atomic E-state index is 11.6. The molecule has 1 atom stereocenters. The summed E-state index contributed by atoms with van der Waals surface area (Å²) < 4.78 is 0. The molecule has 2 aromatic carbocycles. The van der Waals surface area contributed by atoms with Gasteiger partial charge in [0.25, 0.3) is 11.4 Å². The Morgan fingerprint density at radius 3 is 1.85 bits per heavy atom. The molecule has 0 saturated heterocycles. The van der Waals surface area contributed by atoms with Gasteiger partial charge in [0.1, 0.15) is 6.29 Å². The van der Waals surface area contributed by atoms with Crippen LogP contribution in [0.4, 0.5) is 22.7 Å². The van der Waals surface area contributed by atoms with Crippen molar-refractivity contribution in [1.82, 2.24) is 0 Å². The Bertz CT molecular complexity index is 989. The first kappa shape index (κ1) is 19.0. The second-order valence-corrected chi connectivity index (χ2v) is 5.10. The predicted molar refractivity (Wildman–Crippen MR) is 87.4 cm³/mol. The SMILES string of the molecule is O=CC(c1ccc([N+](=O)[O-])cc1[N+](=O)[O-])c1cccc([N+](=O)[O-])c1[N+](=O)[O-]. The molecule has 0 spiro atoms. The van der Waals surface area contributed by atoms with Gasteiger partial charge in [0, 0.05) is 17.7 Å². The number of nitro groups is 4. The second kappa shape index (κ2) is 7.30. The summed E-state index contributed by atoms with van der Waals surface area (Å²) >= 11 is 0. The summed E-state index contributed by atoms with van der Waals surface area (Å²) in [5, 5.41) is 44.4. The molecule has 0 radical (unpaired) electrons. The second-order valence-electron chi connectivity index (χ2n) is 5.10. The van der Waals surface area contributed by atoms with E-state index in [0.29, 0.717) is 6.07 Å². The molecule has 0 aliphatic carbocycles. The van der Waals surface area contributed by atoms with E-state index in [9.17, 15) is 45.3 Å². The molecule has 13 heteroatoms. The zero-order chi connectivity index (χ0) is 20.3. The largest absolute Gasteiger partial charge is 0.350 e. The van der Waals surface area contributed by atoms with Crippen molar-refractivity contribution < 1.29 is 24.5 Å². The fourth-order valence-electron chi connectivity index (χ4n) is 2.53.